The molecule has 14 heteroatoms. The third kappa shape index (κ3) is 13.9. The second-order valence-electron chi connectivity index (χ2n) is 11.9. The Morgan fingerprint density at radius 2 is 1.57 bits per heavy atom. The molecule has 0 saturated carbocycles. The van der Waals surface area contributed by atoms with Crippen LogP contribution in [0.1, 0.15) is 64.4 Å². The van der Waals surface area contributed by atoms with Crippen LogP contribution in [0.4, 0.5) is 10.8 Å². The normalized spacial score (nSPS) is 10.9. The van der Waals surface area contributed by atoms with Gasteiger partial charge in [-0.05, 0) is 60.7 Å². The minimum absolute atomic E-state index is 0.00563. The smallest absolute Gasteiger partial charge is 0.228 e. The SMILES string of the molecule is CCCCC(=O)NCCCCCC(=O)NCCOCCOc1ccc(CC(=O)Nc2cc(-c3ccc4nc(NC(C)=O)sc4c3)cnc2Cl)cc1. The fourth-order valence-electron chi connectivity index (χ4n) is 5.00. The monoisotopic (exact) mass is 736 g/mol. The average Bonchev–Trinajstić information content (AvgIpc) is 3.51. The van der Waals surface area contributed by atoms with Gasteiger partial charge < -0.3 is 30.7 Å². The molecule has 0 aliphatic heterocycles. The van der Waals surface area contributed by atoms with Gasteiger partial charge in [0.25, 0.3) is 0 Å². The van der Waals surface area contributed by atoms with Crippen LogP contribution in [0.5, 0.6) is 5.75 Å². The number of carbonyl (C=O) groups excluding carboxylic acids is 4. The van der Waals surface area contributed by atoms with Crippen molar-refractivity contribution in [2.24, 2.45) is 0 Å². The molecular formula is C37H45ClN6O6S. The van der Waals surface area contributed by atoms with Gasteiger partial charge in [-0.25, -0.2) is 9.97 Å². The van der Waals surface area contributed by atoms with Crippen molar-refractivity contribution in [2.75, 3.05) is 43.5 Å². The zero-order valence-corrected chi connectivity index (χ0v) is 30.6. The van der Waals surface area contributed by atoms with E-state index in [2.05, 4.69) is 38.2 Å². The summed E-state index contributed by atoms with van der Waals surface area (Å²) in [4.78, 5) is 56.5. The summed E-state index contributed by atoms with van der Waals surface area (Å²) >= 11 is 7.70. The quantitative estimate of drug-likeness (QED) is 0.0555. The zero-order valence-electron chi connectivity index (χ0n) is 29.0. The van der Waals surface area contributed by atoms with Gasteiger partial charge in [0.15, 0.2) is 10.3 Å². The number of hydrogen-bond donors (Lipinski definition) is 4. The number of thiazole rings is 1. The van der Waals surface area contributed by atoms with E-state index in [-0.39, 0.29) is 35.2 Å². The maximum absolute atomic E-state index is 12.9. The standard InChI is InChI=1S/C37H45ClN6O6S/c1-3-4-8-33(46)39-16-7-5-6-9-34(47)40-17-18-49-19-20-50-29-13-10-26(11-14-29)21-35(48)43-31-22-28(24-41-36(31)38)27-12-15-30-32(23-27)51-37(44-30)42-25(2)45/h10-15,22-24H,3-9,16-21H2,1-2H3,(H,39,46)(H,40,47)(H,43,48)(H,42,44,45). The van der Waals surface area contributed by atoms with Crippen LogP contribution in [-0.2, 0) is 30.3 Å². The number of benzene rings is 2. The van der Waals surface area contributed by atoms with Crippen LogP contribution in [0, 0.1) is 0 Å². The molecular weight excluding hydrogens is 692 g/mol. The highest BCUT2D eigenvalue weighted by Crippen LogP contribution is 2.32. The summed E-state index contributed by atoms with van der Waals surface area (Å²) in [6, 6.07) is 14.7. The van der Waals surface area contributed by atoms with Gasteiger partial charge in [-0.1, -0.05) is 60.9 Å². The van der Waals surface area contributed by atoms with E-state index in [9.17, 15) is 19.2 Å². The van der Waals surface area contributed by atoms with Crippen LogP contribution < -0.4 is 26.0 Å². The third-order valence-corrected chi connectivity index (χ3v) is 8.87. The summed E-state index contributed by atoms with van der Waals surface area (Å²) in [5.74, 6) is 0.321. The maximum Gasteiger partial charge on any atom is 0.228 e. The first kappa shape index (κ1) is 39.2. The molecule has 0 fully saturated rings. The van der Waals surface area contributed by atoms with E-state index in [4.69, 9.17) is 21.1 Å². The number of fused-ring (bicyclic) bond motifs is 1. The average molecular weight is 737 g/mol. The van der Waals surface area contributed by atoms with Crippen LogP contribution in [-0.4, -0.2) is 66.5 Å². The molecule has 4 rings (SSSR count). The molecule has 272 valence electrons. The molecule has 4 amide bonds. The Kier molecular flexibility index (Phi) is 16.1. The van der Waals surface area contributed by atoms with Crippen molar-refractivity contribution >= 4 is 67.6 Å². The Balaban J connectivity index is 1.10. The van der Waals surface area contributed by atoms with Crippen LogP contribution in [0.25, 0.3) is 21.3 Å². The Hall–Kier alpha value is -4.59. The van der Waals surface area contributed by atoms with Gasteiger partial charge >= 0.3 is 0 Å². The number of ether oxygens (including phenoxy) is 2. The lowest BCUT2D eigenvalue weighted by Gasteiger charge is -2.10. The van der Waals surface area contributed by atoms with Crippen molar-refractivity contribution in [1.82, 2.24) is 20.6 Å². The summed E-state index contributed by atoms with van der Waals surface area (Å²) in [6.45, 7) is 5.69. The molecule has 2 heterocycles. The first-order chi connectivity index (χ1) is 24.7. The number of nitrogens with zero attached hydrogens (tertiary/aromatic N) is 2. The van der Waals surface area contributed by atoms with Crippen LogP contribution in [0.3, 0.4) is 0 Å². The molecule has 2 aromatic carbocycles. The number of hydrogen-bond acceptors (Lipinski definition) is 9. The minimum atomic E-state index is -0.244. The van der Waals surface area contributed by atoms with E-state index in [1.54, 1.807) is 24.4 Å². The largest absolute Gasteiger partial charge is 0.491 e. The van der Waals surface area contributed by atoms with Gasteiger partial charge in [-0.3, -0.25) is 19.2 Å². The summed E-state index contributed by atoms with van der Waals surface area (Å²) in [7, 11) is 0. The highest BCUT2D eigenvalue weighted by molar-refractivity contribution is 7.22. The molecule has 0 aliphatic carbocycles. The zero-order chi connectivity index (χ0) is 36.4. The Bertz CT molecular complexity index is 1770. The van der Waals surface area contributed by atoms with Crippen molar-refractivity contribution in [3.63, 3.8) is 0 Å². The van der Waals surface area contributed by atoms with Crippen LogP contribution in [0.15, 0.2) is 54.7 Å². The van der Waals surface area contributed by atoms with Crippen molar-refractivity contribution < 1.29 is 28.7 Å². The number of halogens is 1. The van der Waals surface area contributed by atoms with E-state index in [0.717, 1.165) is 59.0 Å². The first-order valence-electron chi connectivity index (χ1n) is 17.2. The van der Waals surface area contributed by atoms with Crippen LogP contribution in [0.2, 0.25) is 5.15 Å². The van der Waals surface area contributed by atoms with Crippen molar-refractivity contribution in [3.05, 3.63) is 65.4 Å². The van der Waals surface area contributed by atoms with E-state index in [0.29, 0.717) is 62.3 Å². The van der Waals surface area contributed by atoms with Crippen LogP contribution >= 0.6 is 22.9 Å². The molecule has 0 unspecified atom stereocenters. The number of nitrogens with one attached hydrogen (secondary N) is 4. The number of rotatable bonds is 21. The highest BCUT2D eigenvalue weighted by atomic mass is 35.5. The minimum Gasteiger partial charge on any atom is -0.491 e. The lowest BCUT2D eigenvalue weighted by Crippen LogP contribution is -2.27. The summed E-state index contributed by atoms with van der Waals surface area (Å²) in [6.07, 6.45) is 7.27. The predicted octanol–water partition coefficient (Wildman–Crippen LogP) is 6.53. The van der Waals surface area contributed by atoms with Crippen molar-refractivity contribution in [2.45, 2.75) is 65.2 Å². The Morgan fingerprint density at radius 3 is 2.33 bits per heavy atom. The number of pyridine rings is 1. The summed E-state index contributed by atoms with van der Waals surface area (Å²) < 4.78 is 12.2. The van der Waals surface area contributed by atoms with E-state index in [1.165, 1.54) is 18.3 Å². The molecule has 51 heavy (non-hydrogen) atoms. The molecule has 4 aromatic rings. The molecule has 0 radical (unpaired) electrons. The number of amides is 4. The van der Waals surface area contributed by atoms with E-state index >= 15 is 0 Å². The van der Waals surface area contributed by atoms with Gasteiger partial charge in [0.1, 0.15) is 12.4 Å². The third-order valence-electron chi connectivity index (χ3n) is 7.63. The van der Waals surface area contributed by atoms with Gasteiger partial charge in [-0.15, -0.1) is 0 Å². The summed E-state index contributed by atoms with van der Waals surface area (Å²) in [5, 5.41) is 12.0. The van der Waals surface area contributed by atoms with Crippen molar-refractivity contribution in [3.8, 4) is 16.9 Å². The van der Waals surface area contributed by atoms with Gasteiger partial charge in [0.05, 0.1) is 35.5 Å². The van der Waals surface area contributed by atoms with Gasteiger partial charge in [0.2, 0.25) is 23.6 Å². The lowest BCUT2D eigenvalue weighted by atomic mass is 10.1. The molecule has 0 spiro atoms. The fourth-order valence-corrected chi connectivity index (χ4v) is 6.10. The number of anilines is 2. The van der Waals surface area contributed by atoms with E-state index in [1.807, 2.05) is 30.3 Å². The Morgan fingerprint density at radius 1 is 0.804 bits per heavy atom. The van der Waals surface area contributed by atoms with E-state index < -0.39 is 0 Å². The molecule has 0 aliphatic rings. The Labute approximate surface area is 307 Å². The first-order valence-corrected chi connectivity index (χ1v) is 18.4. The predicted molar refractivity (Wildman–Crippen MR) is 201 cm³/mol. The molecule has 4 N–H and O–H groups in total. The summed E-state index contributed by atoms with van der Waals surface area (Å²) in [5.41, 5.74) is 3.61. The second-order valence-corrected chi connectivity index (χ2v) is 13.3. The van der Waals surface area contributed by atoms with Gasteiger partial charge in [0, 0.05) is 44.6 Å². The highest BCUT2D eigenvalue weighted by Gasteiger charge is 2.12. The number of carbonyl (C=O) groups is 4. The fraction of sp³-hybridized carbons (Fsp3) is 0.405. The number of unbranched alkanes of at least 4 members (excludes halogenated alkanes) is 3. The molecule has 0 bridgehead atoms. The molecule has 12 nitrogen and oxygen atoms in total. The topological polar surface area (TPSA) is 161 Å². The molecule has 0 saturated heterocycles. The maximum atomic E-state index is 12.9. The van der Waals surface area contributed by atoms with Gasteiger partial charge in [-0.2, -0.15) is 0 Å². The molecule has 2 aromatic heterocycles. The second kappa shape index (κ2) is 20.9. The molecule has 0 atom stereocenters. The number of aromatic nitrogens is 2. The van der Waals surface area contributed by atoms with Crippen molar-refractivity contribution in [1.29, 1.82) is 0 Å². The lowest BCUT2D eigenvalue weighted by molar-refractivity contribution is -0.122.